The molecular formula is C26H34N4O4S. The van der Waals surface area contributed by atoms with Crippen molar-refractivity contribution >= 4 is 32.7 Å². The van der Waals surface area contributed by atoms with Gasteiger partial charge in [0.1, 0.15) is 5.82 Å². The highest BCUT2D eigenvalue weighted by atomic mass is 32.2. The molecular weight excluding hydrogens is 464 g/mol. The number of imidazole rings is 1. The summed E-state index contributed by atoms with van der Waals surface area (Å²) in [6.45, 7) is 8.43. The molecule has 0 radical (unpaired) electrons. The van der Waals surface area contributed by atoms with Gasteiger partial charge in [-0.1, -0.05) is 19.4 Å². The standard InChI is InChI=1S/C26H34N4O4S/c1-4-5-10-30-24-7-6-22(35(32,33)29-11-13-34-14-12-29)18-23(24)28-25(30)8-9-26(31)27-21-16-19(2)15-20(3)17-21/h6-7,15-18H,4-5,8-14H2,1-3H3,(H,27,31). The summed E-state index contributed by atoms with van der Waals surface area (Å²) in [5, 5.41) is 2.98. The number of carbonyl (C=O) groups is 1. The lowest BCUT2D eigenvalue weighted by molar-refractivity contribution is -0.116. The zero-order valence-electron chi connectivity index (χ0n) is 20.7. The fourth-order valence-electron chi connectivity index (χ4n) is 4.51. The number of nitrogens with one attached hydrogen (secondary N) is 1. The molecule has 0 atom stereocenters. The molecule has 1 aromatic heterocycles. The number of unbranched alkanes of at least 4 members (excludes halogenated alkanes) is 1. The van der Waals surface area contributed by atoms with Crippen molar-refractivity contribution in [2.24, 2.45) is 0 Å². The number of amides is 1. The Hall–Kier alpha value is -2.75. The first kappa shape index (κ1) is 25.3. The molecule has 188 valence electrons. The van der Waals surface area contributed by atoms with Crippen LogP contribution >= 0.6 is 0 Å². The van der Waals surface area contributed by atoms with Crippen LogP contribution < -0.4 is 5.32 Å². The molecule has 0 aliphatic carbocycles. The molecule has 0 unspecified atom stereocenters. The van der Waals surface area contributed by atoms with Crippen molar-refractivity contribution in [3.63, 3.8) is 0 Å². The Kier molecular flexibility index (Phi) is 7.88. The minimum Gasteiger partial charge on any atom is -0.379 e. The van der Waals surface area contributed by atoms with Gasteiger partial charge in [0, 0.05) is 38.2 Å². The first-order valence-corrected chi connectivity index (χ1v) is 13.7. The van der Waals surface area contributed by atoms with Crippen LogP contribution in [0.4, 0.5) is 5.69 Å². The van der Waals surface area contributed by atoms with E-state index in [-0.39, 0.29) is 10.8 Å². The molecule has 3 aromatic rings. The molecule has 2 aromatic carbocycles. The third-order valence-corrected chi connectivity index (χ3v) is 8.12. The van der Waals surface area contributed by atoms with E-state index in [4.69, 9.17) is 9.72 Å². The van der Waals surface area contributed by atoms with E-state index in [1.165, 1.54) is 4.31 Å². The van der Waals surface area contributed by atoms with Crippen LogP contribution in [0.2, 0.25) is 0 Å². The molecule has 0 saturated carbocycles. The van der Waals surface area contributed by atoms with Crippen LogP contribution in [0.25, 0.3) is 11.0 Å². The highest BCUT2D eigenvalue weighted by Gasteiger charge is 2.27. The molecule has 1 aliphatic heterocycles. The number of benzene rings is 2. The predicted octanol–water partition coefficient (Wildman–Crippen LogP) is 4.05. The highest BCUT2D eigenvalue weighted by molar-refractivity contribution is 7.89. The molecule has 1 aliphatic rings. The predicted molar refractivity (Wildman–Crippen MR) is 137 cm³/mol. The maximum atomic E-state index is 13.1. The van der Waals surface area contributed by atoms with Crippen molar-refractivity contribution in [3.8, 4) is 0 Å². The van der Waals surface area contributed by atoms with Crippen LogP contribution in [0, 0.1) is 13.8 Å². The van der Waals surface area contributed by atoms with Crippen molar-refractivity contribution in [2.45, 2.75) is 57.9 Å². The Morgan fingerprint density at radius 3 is 2.49 bits per heavy atom. The smallest absolute Gasteiger partial charge is 0.243 e. The third-order valence-electron chi connectivity index (χ3n) is 6.22. The number of carbonyl (C=O) groups excluding carboxylic acids is 1. The van der Waals surface area contributed by atoms with Gasteiger partial charge in [0.25, 0.3) is 0 Å². The number of rotatable bonds is 9. The zero-order chi connectivity index (χ0) is 25.0. The van der Waals surface area contributed by atoms with Gasteiger partial charge in [-0.25, -0.2) is 13.4 Å². The Balaban J connectivity index is 1.55. The number of morpholine rings is 1. The zero-order valence-corrected chi connectivity index (χ0v) is 21.5. The number of hydrogen-bond donors (Lipinski definition) is 1. The van der Waals surface area contributed by atoms with Gasteiger partial charge in [0.15, 0.2) is 0 Å². The van der Waals surface area contributed by atoms with Crippen LogP contribution in [-0.4, -0.2) is 54.5 Å². The van der Waals surface area contributed by atoms with Crippen molar-refractivity contribution in [3.05, 3.63) is 53.3 Å². The fourth-order valence-corrected chi connectivity index (χ4v) is 5.94. The SMILES string of the molecule is CCCCn1c(CCC(=O)Nc2cc(C)cc(C)c2)nc2cc(S(=O)(=O)N3CCOCC3)ccc21. The molecule has 0 spiro atoms. The van der Waals surface area contributed by atoms with Gasteiger partial charge >= 0.3 is 0 Å². The summed E-state index contributed by atoms with van der Waals surface area (Å²) < 4.78 is 35.1. The van der Waals surface area contributed by atoms with Crippen molar-refractivity contribution in [1.82, 2.24) is 13.9 Å². The molecule has 1 N–H and O–H groups in total. The van der Waals surface area contributed by atoms with Gasteiger partial charge in [-0.05, 0) is 61.7 Å². The normalized spacial score (nSPS) is 14.9. The summed E-state index contributed by atoms with van der Waals surface area (Å²) in [5.74, 6) is 0.727. The van der Waals surface area contributed by atoms with Crippen LogP contribution in [-0.2, 0) is 32.5 Å². The molecule has 0 bridgehead atoms. The minimum atomic E-state index is -3.60. The van der Waals surface area contributed by atoms with Gasteiger partial charge in [0.2, 0.25) is 15.9 Å². The van der Waals surface area contributed by atoms with Gasteiger partial charge < -0.3 is 14.6 Å². The fraction of sp³-hybridized carbons (Fsp3) is 0.462. The molecule has 1 fully saturated rings. The first-order chi connectivity index (χ1) is 16.8. The molecule has 9 heteroatoms. The quantitative estimate of drug-likeness (QED) is 0.481. The summed E-state index contributed by atoms with van der Waals surface area (Å²) in [7, 11) is -3.60. The van der Waals surface area contributed by atoms with E-state index in [1.54, 1.807) is 12.1 Å². The number of nitrogens with zero attached hydrogens (tertiary/aromatic N) is 3. The topological polar surface area (TPSA) is 93.5 Å². The van der Waals surface area contributed by atoms with Gasteiger partial charge in [-0.3, -0.25) is 4.79 Å². The summed E-state index contributed by atoms with van der Waals surface area (Å²) in [5.41, 5.74) is 4.53. The molecule has 1 amide bonds. The van der Waals surface area contributed by atoms with Gasteiger partial charge in [0.05, 0.1) is 29.1 Å². The van der Waals surface area contributed by atoms with E-state index in [0.717, 1.165) is 47.5 Å². The summed E-state index contributed by atoms with van der Waals surface area (Å²) >= 11 is 0. The maximum absolute atomic E-state index is 13.1. The lowest BCUT2D eigenvalue weighted by atomic mass is 10.1. The van der Waals surface area contributed by atoms with E-state index >= 15 is 0 Å². The molecule has 35 heavy (non-hydrogen) atoms. The van der Waals surface area contributed by atoms with E-state index < -0.39 is 10.0 Å². The number of ether oxygens (including phenoxy) is 1. The maximum Gasteiger partial charge on any atom is 0.243 e. The van der Waals surface area contributed by atoms with E-state index in [0.29, 0.717) is 44.7 Å². The number of aryl methyl sites for hydroxylation is 4. The van der Waals surface area contributed by atoms with Crippen LogP contribution in [0.15, 0.2) is 41.3 Å². The van der Waals surface area contributed by atoms with Crippen LogP contribution in [0.1, 0.15) is 43.1 Å². The highest BCUT2D eigenvalue weighted by Crippen LogP contribution is 2.25. The van der Waals surface area contributed by atoms with E-state index in [2.05, 4.69) is 22.9 Å². The Morgan fingerprint density at radius 1 is 1.09 bits per heavy atom. The Morgan fingerprint density at radius 2 is 1.80 bits per heavy atom. The second kappa shape index (κ2) is 10.9. The van der Waals surface area contributed by atoms with Crippen molar-refractivity contribution in [1.29, 1.82) is 0 Å². The molecule has 4 rings (SSSR count). The lowest BCUT2D eigenvalue weighted by Crippen LogP contribution is -2.40. The second-order valence-corrected chi connectivity index (χ2v) is 11.1. The molecule has 2 heterocycles. The van der Waals surface area contributed by atoms with Gasteiger partial charge in [-0.15, -0.1) is 0 Å². The summed E-state index contributed by atoms with van der Waals surface area (Å²) in [6.07, 6.45) is 2.76. The number of aromatic nitrogens is 2. The number of sulfonamides is 1. The monoisotopic (exact) mass is 498 g/mol. The van der Waals surface area contributed by atoms with Crippen molar-refractivity contribution in [2.75, 3.05) is 31.6 Å². The lowest BCUT2D eigenvalue weighted by Gasteiger charge is -2.26. The second-order valence-electron chi connectivity index (χ2n) is 9.12. The van der Waals surface area contributed by atoms with Crippen LogP contribution in [0.5, 0.6) is 0 Å². The molecule has 8 nitrogen and oxygen atoms in total. The van der Waals surface area contributed by atoms with Gasteiger partial charge in [-0.2, -0.15) is 4.31 Å². The Labute approximate surface area is 207 Å². The average Bonchev–Trinajstić information content (AvgIpc) is 3.18. The summed E-state index contributed by atoms with van der Waals surface area (Å²) in [4.78, 5) is 17.7. The number of hydrogen-bond acceptors (Lipinski definition) is 5. The Bertz CT molecular complexity index is 1290. The van der Waals surface area contributed by atoms with E-state index in [1.807, 2.05) is 32.0 Å². The number of anilines is 1. The third kappa shape index (κ3) is 5.91. The first-order valence-electron chi connectivity index (χ1n) is 12.2. The average molecular weight is 499 g/mol. The molecule has 1 saturated heterocycles. The summed E-state index contributed by atoms with van der Waals surface area (Å²) in [6, 6.07) is 11.1. The number of fused-ring (bicyclic) bond motifs is 1. The van der Waals surface area contributed by atoms with E-state index in [9.17, 15) is 13.2 Å². The largest absolute Gasteiger partial charge is 0.379 e. The minimum absolute atomic E-state index is 0.0697. The van der Waals surface area contributed by atoms with Crippen molar-refractivity contribution < 1.29 is 17.9 Å². The van der Waals surface area contributed by atoms with Crippen LogP contribution in [0.3, 0.4) is 0 Å².